The van der Waals surface area contributed by atoms with Crippen molar-refractivity contribution in [3.63, 3.8) is 0 Å². The largest absolute Gasteiger partial charge is 0.477 e. The van der Waals surface area contributed by atoms with Crippen LogP contribution in [0.1, 0.15) is 48.0 Å². The Morgan fingerprint density at radius 2 is 1.91 bits per heavy atom. The number of amides is 2. The number of aryl methyl sites for hydroxylation is 1. The van der Waals surface area contributed by atoms with Crippen molar-refractivity contribution in [2.24, 2.45) is 0 Å². The van der Waals surface area contributed by atoms with E-state index in [-0.39, 0.29) is 42.5 Å². The molecule has 45 heavy (non-hydrogen) atoms. The summed E-state index contributed by atoms with van der Waals surface area (Å²) in [4.78, 5) is 42.1. The zero-order valence-electron chi connectivity index (χ0n) is 24.4. The van der Waals surface area contributed by atoms with E-state index in [1.165, 1.54) is 18.6 Å². The molecule has 3 fully saturated rings. The maximum Gasteiger partial charge on any atom is 0.341 e. The van der Waals surface area contributed by atoms with Gasteiger partial charge >= 0.3 is 12.0 Å². The van der Waals surface area contributed by atoms with Crippen molar-refractivity contribution in [2.45, 2.75) is 69.0 Å². The van der Waals surface area contributed by atoms with Crippen LogP contribution in [0.4, 0.5) is 10.6 Å². The SMILES string of the molecule is O=C(Nc1ncnc2c1ncn2-c1ccccc1CCC(Oc1ncccc1C(=O)O)C1OCC2OCOC21)NC1CCCC1. The monoisotopic (exact) mass is 615 g/mol. The van der Waals surface area contributed by atoms with Crippen LogP contribution < -0.4 is 15.4 Å². The average molecular weight is 616 g/mol. The number of aromatic carboxylic acids is 1. The lowest BCUT2D eigenvalue weighted by Crippen LogP contribution is -2.41. The van der Waals surface area contributed by atoms with E-state index in [9.17, 15) is 14.7 Å². The number of pyridine rings is 1. The first-order valence-corrected chi connectivity index (χ1v) is 15.1. The number of ether oxygens (including phenoxy) is 4. The van der Waals surface area contributed by atoms with Gasteiger partial charge in [0.05, 0.1) is 12.3 Å². The molecule has 3 aliphatic rings. The molecule has 4 unspecified atom stereocenters. The van der Waals surface area contributed by atoms with Crippen LogP contribution in [-0.2, 0) is 20.6 Å². The molecule has 0 radical (unpaired) electrons. The van der Waals surface area contributed by atoms with Crippen LogP contribution in [0.15, 0.2) is 55.2 Å². The topological polar surface area (TPSA) is 172 Å². The lowest BCUT2D eigenvalue weighted by molar-refractivity contribution is -0.0791. The summed E-state index contributed by atoms with van der Waals surface area (Å²) >= 11 is 0. The van der Waals surface area contributed by atoms with Crippen LogP contribution in [0, 0.1) is 0 Å². The summed E-state index contributed by atoms with van der Waals surface area (Å²) in [5.74, 6) is -0.785. The van der Waals surface area contributed by atoms with Gasteiger partial charge in [-0.2, -0.15) is 0 Å². The number of hydrogen-bond donors (Lipinski definition) is 3. The van der Waals surface area contributed by atoms with Crippen LogP contribution in [0.3, 0.4) is 0 Å². The van der Waals surface area contributed by atoms with E-state index >= 15 is 0 Å². The fourth-order valence-corrected chi connectivity index (χ4v) is 6.31. The van der Waals surface area contributed by atoms with Crippen LogP contribution in [0.5, 0.6) is 5.88 Å². The number of nitrogens with zero attached hydrogens (tertiary/aromatic N) is 5. The minimum atomic E-state index is -1.13. The Morgan fingerprint density at radius 3 is 2.78 bits per heavy atom. The molecule has 4 aromatic rings. The van der Waals surface area contributed by atoms with Crippen LogP contribution in [0.25, 0.3) is 16.9 Å². The number of fused-ring (bicyclic) bond motifs is 2. The Balaban J connectivity index is 1.14. The first-order valence-electron chi connectivity index (χ1n) is 15.1. The van der Waals surface area contributed by atoms with Crippen molar-refractivity contribution in [2.75, 3.05) is 18.7 Å². The Morgan fingerprint density at radius 1 is 1.04 bits per heavy atom. The molecular formula is C31H33N7O7. The zero-order chi connectivity index (χ0) is 30.8. The number of anilines is 1. The number of carboxylic acid groups (broad SMARTS) is 1. The smallest absolute Gasteiger partial charge is 0.341 e. The third-order valence-electron chi connectivity index (χ3n) is 8.52. The standard InChI is InChI=1S/C31H33N7O7/c39-30(40)20-9-5-13-32-29(20)45-22(25-26-23(14-42-25)43-17-44-26)12-11-18-6-1-4-10-21(18)38-16-35-24-27(33-15-34-28(24)38)37-31(41)36-19-7-2-3-8-19/h1,4-6,9-10,13,15-16,19,22-23,25-26H,2-3,7-8,11-12,14,17H2,(H,39,40)(H2,33,34,36,37,41). The highest BCUT2D eigenvalue weighted by Gasteiger charge is 2.47. The average Bonchev–Trinajstić information content (AvgIpc) is 3.86. The molecule has 14 nitrogen and oxygen atoms in total. The van der Waals surface area contributed by atoms with Gasteiger partial charge in [-0.1, -0.05) is 31.0 Å². The predicted molar refractivity (Wildman–Crippen MR) is 159 cm³/mol. The van der Waals surface area contributed by atoms with Gasteiger partial charge in [0.2, 0.25) is 5.88 Å². The number of carbonyl (C=O) groups is 2. The summed E-state index contributed by atoms with van der Waals surface area (Å²) in [6, 6.07) is 10.7. The minimum Gasteiger partial charge on any atom is -0.477 e. The second kappa shape index (κ2) is 12.8. The lowest BCUT2D eigenvalue weighted by atomic mass is 9.98. The van der Waals surface area contributed by atoms with E-state index in [0.29, 0.717) is 36.4 Å². The Hall–Kier alpha value is -4.66. The van der Waals surface area contributed by atoms with Gasteiger partial charge in [-0.05, 0) is 49.4 Å². The molecule has 0 spiro atoms. The molecule has 2 amide bonds. The molecule has 3 aromatic heterocycles. The molecule has 2 saturated heterocycles. The van der Waals surface area contributed by atoms with E-state index in [1.807, 2.05) is 28.8 Å². The highest BCUT2D eigenvalue weighted by molar-refractivity contribution is 5.96. The Labute approximate surface area is 258 Å². The van der Waals surface area contributed by atoms with E-state index < -0.39 is 18.2 Å². The number of aromatic nitrogens is 5. The highest BCUT2D eigenvalue weighted by atomic mass is 16.7. The number of hydrogen-bond acceptors (Lipinski definition) is 10. The van der Waals surface area contributed by atoms with Gasteiger partial charge in [0.25, 0.3) is 0 Å². The summed E-state index contributed by atoms with van der Waals surface area (Å²) in [6.45, 7) is 0.527. The molecule has 1 aromatic carbocycles. The van der Waals surface area contributed by atoms with E-state index in [4.69, 9.17) is 18.9 Å². The molecule has 3 N–H and O–H groups in total. The second-order valence-corrected chi connectivity index (χ2v) is 11.3. The van der Waals surface area contributed by atoms with Gasteiger partial charge in [-0.25, -0.2) is 29.5 Å². The first-order chi connectivity index (χ1) is 22.0. The van der Waals surface area contributed by atoms with E-state index in [0.717, 1.165) is 36.9 Å². The molecule has 234 valence electrons. The highest BCUT2D eigenvalue weighted by Crippen LogP contribution is 2.32. The van der Waals surface area contributed by atoms with Crippen molar-refractivity contribution in [3.05, 3.63) is 66.4 Å². The minimum absolute atomic E-state index is 0.0172. The fourth-order valence-electron chi connectivity index (χ4n) is 6.31. The third kappa shape index (κ3) is 6.03. The number of para-hydroxylation sites is 1. The van der Waals surface area contributed by atoms with Crippen molar-refractivity contribution in [3.8, 4) is 11.6 Å². The Bertz CT molecular complexity index is 1690. The number of imidazole rings is 1. The molecule has 0 bridgehead atoms. The zero-order valence-corrected chi connectivity index (χ0v) is 24.4. The van der Waals surface area contributed by atoms with E-state index in [2.05, 4.69) is 30.6 Å². The summed E-state index contributed by atoms with van der Waals surface area (Å²) in [5.41, 5.74) is 2.78. The summed E-state index contributed by atoms with van der Waals surface area (Å²) in [7, 11) is 0. The molecular weight excluding hydrogens is 582 g/mol. The van der Waals surface area contributed by atoms with E-state index in [1.54, 1.807) is 12.4 Å². The number of rotatable bonds is 10. The number of benzene rings is 1. The van der Waals surface area contributed by atoms with Crippen molar-refractivity contribution < 1.29 is 33.6 Å². The first kappa shape index (κ1) is 29.1. The quantitative estimate of drug-likeness (QED) is 0.238. The van der Waals surface area contributed by atoms with Gasteiger partial charge in [0.15, 0.2) is 17.0 Å². The molecule has 7 rings (SSSR count). The second-order valence-electron chi connectivity index (χ2n) is 11.3. The molecule has 1 aliphatic carbocycles. The Kier molecular flexibility index (Phi) is 8.24. The molecule has 5 heterocycles. The van der Waals surface area contributed by atoms with Crippen molar-refractivity contribution >= 4 is 29.0 Å². The fraction of sp³-hybridized carbons (Fsp3) is 0.419. The van der Waals surface area contributed by atoms with Gasteiger partial charge in [-0.15, -0.1) is 0 Å². The van der Waals surface area contributed by atoms with Crippen LogP contribution in [0.2, 0.25) is 0 Å². The van der Waals surface area contributed by atoms with Crippen molar-refractivity contribution in [1.29, 1.82) is 0 Å². The summed E-state index contributed by atoms with van der Waals surface area (Å²) in [5, 5.41) is 15.6. The van der Waals surface area contributed by atoms with Crippen molar-refractivity contribution in [1.82, 2.24) is 29.8 Å². The van der Waals surface area contributed by atoms with Gasteiger partial charge < -0.3 is 29.4 Å². The van der Waals surface area contributed by atoms with Gasteiger partial charge in [-0.3, -0.25) is 9.88 Å². The van der Waals surface area contributed by atoms with Gasteiger partial charge in [0.1, 0.15) is 49.4 Å². The predicted octanol–water partition coefficient (Wildman–Crippen LogP) is 3.49. The molecule has 1 saturated carbocycles. The van der Waals surface area contributed by atoms with Crippen LogP contribution >= 0.6 is 0 Å². The molecule has 14 heteroatoms. The maximum absolute atomic E-state index is 12.7. The summed E-state index contributed by atoms with van der Waals surface area (Å²) in [6.07, 6.45) is 8.11. The third-order valence-corrected chi connectivity index (χ3v) is 8.52. The molecule has 4 atom stereocenters. The lowest BCUT2D eigenvalue weighted by Gasteiger charge is -2.27. The molecule has 2 aliphatic heterocycles. The number of carboxylic acids is 1. The number of nitrogens with one attached hydrogen (secondary N) is 2. The normalized spacial score (nSPS) is 21.9. The number of urea groups is 1. The number of carbonyl (C=O) groups excluding carboxylic acids is 1. The van der Waals surface area contributed by atoms with Gasteiger partial charge in [0, 0.05) is 12.2 Å². The summed E-state index contributed by atoms with van der Waals surface area (Å²) < 4.78 is 25.7. The maximum atomic E-state index is 12.7. The van der Waals surface area contributed by atoms with Crippen LogP contribution in [-0.4, -0.2) is 85.5 Å².